The molecular formula is C16H19N3O2S. The number of hydrogen-bond acceptors (Lipinski definition) is 5. The number of fused-ring (bicyclic) bond motifs is 3. The molecule has 2 saturated heterocycles. The Labute approximate surface area is 133 Å². The van der Waals surface area contributed by atoms with E-state index in [9.17, 15) is 4.79 Å². The van der Waals surface area contributed by atoms with Gasteiger partial charge in [-0.15, -0.1) is 11.3 Å². The minimum absolute atomic E-state index is 0.0962. The Kier molecular flexibility index (Phi) is 3.50. The Balaban J connectivity index is 1.55. The third-order valence-corrected chi connectivity index (χ3v) is 5.51. The molecule has 2 aliphatic rings. The maximum atomic E-state index is 12.5. The molecule has 1 N–H and O–H groups in total. The largest absolute Gasteiger partial charge is 0.481 e. The van der Waals surface area contributed by atoms with Crippen LogP contribution in [0, 0.1) is 5.92 Å². The van der Waals surface area contributed by atoms with Crippen molar-refractivity contribution in [3.63, 3.8) is 0 Å². The summed E-state index contributed by atoms with van der Waals surface area (Å²) in [6.07, 6.45) is 2.35. The molecule has 22 heavy (non-hydrogen) atoms. The molecule has 0 aliphatic carbocycles. The molecule has 2 fully saturated rings. The van der Waals surface area contributed by atoms with E-state index in [0.29, 0.717) is 11.6 Å². The molecule has 2 aromatic heterocycles. The molecule has 2 aliphatic heterocycles. The van der Waals surface area contributed by atoms with Crippen LogP contribution in [0.2, 0.25) is 0 Å². The van der Waals surface area contributed by atoms with Gasteiger partial charge in [0.25, 0.3) is 5.91 Å². The van der Waals surface area contributed by atoms with E-state index in [0.717, 1.165) is 29.0 Å². The van der Waals surface area contributed by atoms with Gasteiger partial charge in [-0.25, -0.2) is 4.98 Å². The minimum atomic E-state index is -0.0962. The number of ether oxygens (including phenoxy) is 1. The highest BCUT2D eigenvalue weighted by atomic mass is 32.1. The molecule has 2 aromatic rings. The first-order valence-electron chi connectivity index (χ1n) is 7.68. The zero-order valence-corrected chi connectivity index (χ0v) is 13.4. The van der Waals surface area contributed by atoms with E-state index in [1.165, 1.54) is 19.5 Å². The van der Waals surface area contributed by atoms with Gasteiger partial charge in [-0.05, 0) is 42.8 Å². The van der Waals surface area contributed by atoms with Crippen LogP contribution >= 0.6 is 11.3 Å². The lowest BCUT2D eigenvalue weighted by Crippen LogP contribution is -2.47. The zero-order valence-electron chi connectivity index (χ0n) is 12.5. The second kappa shape index (κ2) is 5.52. The second-order valence-electron chi connectivity index (χ2n) is 6.17. The van der Waals surface area contributed by atoms with Gasteiger partial charge in [-0.1, -0.05) is 0 Å². The van der Waals surface area contributed by atoms with Crippen molar-refractivity contribution < 1.29 is 9.53 Å². The van der Waals surface area contributed by atoms with E-state index in [1.54, 1.807) is 18.4 Å². The van der Waals surface area contributed by atoms with Crippen LogP contribution in [0.1, 0.15) is 23.3 Å². The maximum absolute atomic E-state index is 12.5. The zero-order chi connectivity index (χ0) is 15.1. The van der Waals surface area contributed by atoms with Crippen LogP contribution in [0.25, 0.3) is 10.1 Å². The van der Waals surface area contributed by atoms with Crippen LogP contribution in [0.5, 0.6) is 5.88 Å². The lowest BCUT2D eigenvalue weighted by molar-refractivity contribution is 0.0903. The molecule has 0 aromatic carbocycles. The average Bonchev–Trinajstić information content (AvgIpc) is 3.12. The molecule has 6 heteroatoms. The summed E-state index contributed by atoms with van der Waals surface area (Å²) in [6, 6.07) is 4.07. The number of amides is 1. The number of nitrogens with zero attached hydrogens (tertiary/aromatic N) is 2. The predicted molar refractivity (Wildman–Crippen MR) is 86.6 cm³/mol. The summed E-state index contributed by atoms with van der Waals surface area (Å²) in [4.78, 5) is 19.3. The third kappa shape index (κ3) is 2.46. The number of methoxy groups -OCH3 is 1. The number of nitrogens with one attached hydrogen (secondary N) is 1. The fourth-order valence-electron chi connectivity index (χ4n) is 3.63. The maximum Gasteiger partial charge on any atom is 0.270 e. The number of aromatic nitrogens is 1. The fraction of sp³-hybridized carbons (Fsp3) is 0.500. The molecule has 0 spiro atoms. The molecule has 0 saturated carbocycles. The summed E-state index contributed by atoms with van der Waals surface area (Å²) in [7, 11) is 1.59. The van der Waals surface area contributed by atoms with Crippen molar-refractivity contribution >= 4 is 27.3 Å². The standard InChI is InChI=1S/C16H19N3O2S/c1-21-16-12-3-5-22-14(12)7-13(18-16)15(20)17-11-6-10-2-4-19(8-10)9-11/h3,5,7,10-11H,2,4,6,8-9H2,1H3,(H,17,20). The van der Waals surface area contributed by atoms with E-state index in [-0.39, 0.29) is 11.9 Å². The highest BCUT2D eigenvalue weighted by Crippen LogP contribution is 2.29. The monoisotopic (exact) mass is 317 g/mol. The number of carbonyl (C=O) groups excluding carboxylic acids is 1. The molecule has 4 rings (SSSR count). The Morgan fingerprint density at radius 3 is 3.23 bits per heavy atom. The van der Waals surface area contributed by atoms with Gasteiger partial charge in [-0.2, -0.15) is 0 Å². The first kappa shape index (κ1) is 14.0. The predicted octanol–water partition coefficient (Wildman–Crippen LogP) is 2.13. The van der Waals surface area contributed by atoms with Gasteiger partial charge in [0.15, 0.2) is 0 Å². The first-order chi connectivity index (χ1) is 10.7. The van der Waals surface area contributed by atoms with Crippen molar-refractivity contribution in [1.82, 2.24) is 15.2 Å². The molecule has 0 radical (unpaired) electrons. The van der Waals surface area contributed by atoms with E-state index >= 15 is 0 Å². The molecule has 116 valence electrons. The van der Waals surface area contributed by atoms with Crippen LogP contribution in [0.4, 0.5) is 0 Å². The highest BCUT2D eigenvalue weighted by Gasteiger charge is 2.33. The highest BCUT2D eigenvalue weighted by molar-refractivity contribution is 7.17. The summed E-state index contributed by atoms with van der Waals surface area (Å²) in [6.45, 7) is 3.32. The molecule has 3 unspecified atom stereocenters. The lowest BCUT2D eigenvalue weighted by atomic mass is 9.97. The van der Waals surface area contributed by atoms with Crippen molar-refractivity contribution in [2.24, 2.45) is 5.92 Å². The van der Waals surface area contributed by atoms with Crippen molar-refractivity contribution in [3.8, 4) is 5.88 Å². The fourth-order valence-corrected chi connectivity index (χ4v) is 4.44. The third-order valence-electron chi connectivity index (χ3n) is 4.64. The summed E-state index contributed by atoms with van der Waals surface area (Å²) in [5.74, 6) is 1.17. The van der Waals surface area contributed by atoms with E-state index in [2.05, 4.69) is 15.2 Å². The average molecular weight is 317 g/mol. The van der Waals surface area contributed by atoms with Crippen LogP contribution < -0.4 is 10.1 Å². The molecule has 3 atom stereocenters. The number of piperidine rings is 1. The first-order valence-corrected chi connectivity index (χ1v) is 8.56. The molecule has 5 nitrogen and oxygen atoms in total. The Morgan fingerprint density at radius 1 is 1.50 bits per heavy atom. The van der Waals surface area contributed by atoms with Gasteiger partial charge in [0, 0.05) is 23.8 Å². The number of thiophene rings is 1. The molecule has 1 amide bonds. The summed E-state index contributed by atoms with van der Waals surface area (Å²) >= 11 is 1.60. The van der Waals surface area contributed by atoms with Gasteiger partial charge in [-0.3, -0.25) is 4.79 Å². The summed E-state index contributed by atoms with van der Waals surface area (Å²) < 4.78 is 6.35. The summed E-state index contributed by atoms with van der Waals surface area (Å²) in [5, 5.41) is 6.10. The normalized spacial score (nSPS) is 27.0. The van der Waals surface area contributed by atoms with Crippen LogP contribution in [0.3, 0.4) is 0 Å². The van der Waals surface area contributed by atoms with Crippen LogP contribution in [-0.2, 0) is 0 Å². The number of rotatable bonds is 3. The SMILES string of the molecule is COc1nc(C(=O)NC2CC3CCN(C3)C2)cc2sccc12. The van der Waals surface area contributed by atoms with Gasteiger partial charge >= 0.3 is 0 Å². The van der Waals surface area contributed by atoms with E-state index in [4.69, 9.17) is 4.74 Å². The van der Waals surface area contributed by atoms with Gasteiger partial charge in [0.1, 0.15) is 5.69 Å². The van der Waals surface area contributed by atoms with Crippen molar-refractivity contribution in [2.75, 3.05) is 26.7 Å². The van der Waals surface area contributed by atoms with E-state index < -0.39 is 0 Å². The number of hydrogen-bond donors (Lipinski definition) is 1. The molecule has 4 heterocycles. The Bertz CT molecular complexity index is 702. The van der Waals surface area contributed by atoms with E-state index in [1.807, 2.05) is 17.5 Å². The molecule has 2 bridgehead atoms. The quantitative estimate of drug-likeness (QED) is 0.942. The van der Waals surface area contributed by atoms with Gasteiger partial charge < -0.3 is 15.0 Å². The van der Waals surface area contributed by atoms with Gasteiger partial charge in [0.2, 0.25) is 5.88 Å². The minimum Gasteiger partial charge on any atom is -0.481 e. The smallest absolute Gasteiger partial charge is 0.270 e. The second-order valence-corrected chi connectivity index (χ2v) is 7.12. The Hall–Kier alpha value is -1.66. The van der Waals surface area contributed by atoms with Crippen molar-refractivity contribution in [3.05, 3.63) is 23.2 Å². The summed E-state index contributed by atoms with van der Waals surface area (Å²) in [5.41, 5.74) is 0.444. The van der Waals surface area contributed by atoms with Crippen LogP contribution in [-0.4, -0.2) is 48.6 Å². The topological polar surface area (TPSA) is 54.5 Å². The Morgan fingerprint density at radius 2 is 2.41 bits per heavy atom. The lowest BCUT2D eigenvalue weighted by Gasteiger charge is -2.30. The van der Waals surface area contributed by atoms with Crippen molar-refractivity contribution in [1.29, 1.82) is 0 Å². The van der Waals surface area contributed by atoms with Gasteiger partial charge in [0.05, 0.1) is 12.5 Å². The van der Waals surface area contributed by atoms with Crippen LogP contribution in [0.15, 0.2) is 17.5 Å². The number of pyridine rings is 1. The van der Waals surface area contributed by atoms with Crippen molar-refractivity contribution in [2.45, 2.75) is 18.9 Å². The molecular weight excluding hydrogens is 298 g/mol. The number of carbonyl (C=O) groups is 1.